The van der Waals surface area contributed by atoms with E-state index >= 15 is 4.39 Å². The summed E-state index contributed by atoms with van der Waals surface area (Å²) in [5, 5.41) is -0.451. The van der Waals surface area contributed by atoms with E-state index in [0.29, 0.717) is 25.0 Å². The summed E-state index contributed by atoms with van der Waals surface area (Å²) < 4.78 is 81.6. The second kappa shape index (κ2) is 11.2. The third-order valence-corrected chi connectivity index (χ3v) is 10.6. The molecule has 3 aromatic rings. The van der Waals surface area contributed by atoms with Crippen LogP contribution in [0.15, 0.2) is 40.5 Å². The van der Waals surface area contributed by atoms with E-state index in [9.17, 15) is 27.2 Å². The van der Waals surface area contributed by atoms with E-state index in [1.54, 1.807) is 9.80 Å². The molecule has 15 heteroatoms. The number of piperazine rings is 1. The van der Waals surface area contributed by atoms with Crippen molar-refractivity contribution >= 4 is 46.0 Å². The van der Waals surface area contributed by atoms with Crippen molar-refractivity contribution in [1.29, 1.82) is 0 Å². The number of halogens is 6. The van der Waals surface area contributed by atoms with Gasteiger partial charge >= 0.3 is 11.9 Å². The molecular weight excluding hydrogens is 641 g/mol. The first kappa shape index (κ1) is 30.5. The number of thioether (sulfide) groups is 1. The predicted octanol–water partition coefficient (Wildman–Crippen LogP) is 4.80. The van der Waals surface area contributed by atoms with Gasteiger partial charge in [0.2, 0.25) is 5.91 Å². The number of hydrogen-bond donors (Lipinski definition) is 0. The first-order valence-corrected chi connectivity index (χ1v) is 15.8. The van der Waals surface area contributed by atoms with E-state index in [1.807, 2.05) is 0 Å². The number of anilines is 1. The Morgan fingerprint density at radius 1 is 1.09 bits per heavy atom. The number of carbonyl (C=O) groups is 1. The summed E-state index contributed by atoms with van der Waals surface area (Å²) in [7, 11) is 0. The van der Waals surface area contributed by atoms with Crippen LogP contribution in [0.25, 0.3) is 22.0 Å². The molecule has 0 N–H and O–H groups in total. The SMILES string of the molecule is C=CC(=O)N1CCN(c2nc(=O)n3c4c(c(-c5cc(Cl)c(F)cc5F)c(C(F)(F)F)cc24)SCC(N2C[C@@H]4C[C@H]2CO4)C3)CC1. The number of carbonyl (C=O) groups excluding carboxylic acids is 1. The van der Waals surface area contributed by atoms with E-state index in [0.717, 1.165) is 30.3 Å². The zero-order valence-corrected chi connectivity index (χ0v) is 25.3. The number of alkyl halides is 3. The highest BCUT2D eigenvalue weighted by atomic mass is 35.5. The van der Waals surface area contributed by atoms with E-state index in [1.165, 1.54) is 10.6 Å². The quantitative estimate of drug-likeness (QED) is 0.225. The molecule has 2 aromatic carbocycles. The van der Waals surface area contributed by atoms with Crippen LogP contribution in [0.5, 0.6) is 0 Å². The molecule has 1 amide bonds. The van der Waals surface area contributed by atoms with Gasteiger partial charge in [0, 0.05) is 84.6 Å². The zero-order valence-electron chi connectivity index (χ0n) is 23.7. The lowest BCUT2D eigenvalue weighted by Gasteiger charge is -2.36. The Labute approximate surface area is 263 Å². The average Bonchev–Trinajstić information content (AvgIpc) is 3.59. The Hall–Kier alpha value is -3.20. The molecule has 1 unspecified atom stereocenters. The van der Waals surface area contributed by atoms with Gasteiger partial charge in [0.25, 0.3) is 0 Å². The molecule has 3 saturated heterocycles. The highest BCUT2D eigenvalue weighted by Crippen LogP contribution is 2.49. The second-order valence-corrected chi connectivity index (χ2v) is 13.1. The largest absolute Gasteiger partial charge is 0.417 e. The number of benzene rings is 2. The number of amides is 1. The molecule has 3 atom stereocenters. The van der Waals surface area contributed by atoms with Crippen molar-refractivity contribution in [2.24, 2.45) is 0 Å². The molecule has 45 heavy (non-hydrogen) atoms. The van der Waals surface area contributed by atoms with Crippen LogP contribution < -0.4 is 10.6 Å². The summed E-state index contributed by atoms with van der Waals surface area (Å²) in [6.45, 7) is 5.77. The lowest BCUT2D eigenvalue weighted by atomic mass is 9.95. The van der Waals surface area contributed by atoms with Gasteiger partial charge in [-0.2, -0.15) is 18.2 Å². The number of likely N-dealkylation sites (tertiary alicyclic amines) is 1. The fourth-order valence-corrected chi connectivity index (χ4v) is 8.48. The maximum absolute atomic E-state index is 15.4. The number of nitrogens with zero attached hydrogens (tertiary/aromatic N) is 5. The number of morpholine rings is 1. The van der Waals surface area contributed by atoms with Crippen LogP contribution in [0.3, 0.4) is 0 Å². The zero-order chi connectivity index (χ0) is 31.8. The lowest BCUT2D eigenvalue weighted by molar-refractivity contribution is -0.137. The van der Waals surface area contributed by atoms with Gasteiger partial charge in [-0.25, -0.2) is 13.6 Å². The molecule has 4 aliphatic heterocycles. The Morgan fingerprint density at radius 2 is 1.84 bits per heavy atom. The minimum Gasteiger partial charge on any atom is -0.375 e. The molecule has 0 aliphatic carbocycles. The molecule has 0 radical (unpaired) electrons. The first-order chi connectivity index (χ1) is 21.4. The van der Waals surface area contributed by atoms with Crippen molar-refractivity contribution in [2.75, 3.05) is 50.0 Å². The van der Waals surface area contributed by atoms with Crippen LogP contribution in [0.1, 0.15) is 12.0 Å². The van der Waals surface area contributed by atoms with Crippen molar-refractivity contribution in [1.82, 2.24) is 19.4 Å². The third kappa shape index (κ3) is 5.19. The molecule has 238 valence electrons. The van der Waals surface area contributed by atoms with E-state index in [4.69, 9.17) is 16.3 Å². The van der Waals surface area contributed by atoms with Gasteiger partial charge in [-0.3, -0.25) is 14.3 Å². The molecule has 7 rings (SSSR count). The van der Waals surface area contributed by atoms with Gasteiger partial charge in [0.1, 0.15) is 17.5 Å². The van der Waals surface area contributed by atoms with Crippen LogP contribution in [-0.4, -0.2) is 88.5 Å². The maximum atomic E-state index is 15.4. The number of rotatable bonds is 4. The smallest absolute Gasteiger partial charge is 0.375 e. The highest BCUT2D eigenvalue weighted by molar-refractivity contribution is 7.99. The third-order valence-electron chi connectivity index (χ3n) is 9.07. The van der Waals surface area contributed by atoms with Crippen molar-refractivity contribution in [2.45, 2.75) is 42.2 Å². The molecule has 0 saturated carbocycles. The van der Waals surface area contributed by atoms with Gasteiger partial charge in [0.15, 0.2) is 0 Å². The highest BCUT2D eigenvalue weighted by Gasteiger charge is 2.44. The monoisotopic (exact) mass is 667 g/mol. The predicted molar refractivity (Wildman–Crippen MR) is 160 cm³/mol. The lowest BCUT2D eigenvalue weighted by Crippen LogP contribution is -2.49. The van der Waals surface area contributed by atoms with Crippen LogP contribution >= 0.6 is 23.4 Å². The minimum atomic E-state index is -4.96. The summed E-state index contributed by atoms with van der Waals surface area (Å²) in [6, 6.07) is 2.10. The Bertz CT molecular complexity index is 1790. The molecule has 2 bridgehead atoms. The summed E-state index contributed by atoms with van der Waals surface area (Å²) >= 11 is 7.09. The molecular formula is C30H27ClF5N5O3S. The summed E-state index contributed by atoms with van der Waals surface area (Å²) in [6.07, 6.45) is -2.88. The van der Waals surface area contributed by atoms with Gasteiger partial charge in [0.05, 0.1) is 28.8 Å². The number of aromatic nitrogens is 2. The van der Waals surface area contributed by atoms with Gasteiger partial charge in [-0.05, 0) is 24.6 Å². The summed E-state index contributed by atoms with van der Waals surface area (Å²) in [5.74, 6) is -2.22. The molecule has 4 aliphatic rings. The van der Waals surface area contributed by atoms with E-state index < -0.39 is 45.2 Å². The van der Waals surface area contributed by atoms with Crippen molar-refractivity contribution in [3.8, 4) is 11.1 Å². The van der Waals surface area contributed by atoms with Crippen molar-refractivity contribution < 1.29 is 31.5 Å². The van der Waals surface area contributed by atoms with Gasteiger partial charge < -0.3 is 14.5 Å². The maximum Gasteiger partial charge on any atom is 0.417 e. The Morgan fingerprint density at radius 3 is 2.49 bits per heavy atom. The molecule has 1 aromatic heterocycles. The van der Waals surface area contributed by atoms with E-state index in [-0.39, 0.29) is 78.4 Å². The number of hydrogen-bond acceptors (Lipinski definition) is 7. The van der Waals surface area contributed by atoms with Crippen molar-refractivity contribution in [3.05, 3.63) is 63.6 Å². The molecule has 3 fully saturated rings. The summed E-state index contributed by atoms with van der Waals surface area (Å²) in [5.41, 5.74) is -2.62. The van der Waals surface area contributed by atoms with Gasteiger partial charge in [-0.1, -0.05) is 18.2 Å². The second-order valence-electron chi connectivity index (χ2n) is 11.6. The van der Waals surface area contributed by atoms with Crippen LogP contribution in [0, 0.1) is 11.6 Å². The van der Waals surface area contributed by atoms with Crippen LogP contribution in [0.4, 0.5) is 27.8 Å². The topological polar surface area (TPSA) is 70.9 Å². The Kier molecular flexibility index (Phi) is 7.61. The van der Waals surface area contributed by atoms with Gasteiger partial charge in [-0.15, -0.1) is 11.8 Å². The van der Waals surface area contributed by atoms with Crippen molar-refractivity contribution in [3.63, 3.8) is 0 Å². The first-order valence-electron chi connectivity index (χ1n) is 14.4. The molecule has 5 heterocycles. The minimum absolute atomic E-state index is 0.0470. The molecule has 0 spiro atoms. The number of fused-ring (bicyclic) bond motifs is 2. The van der Waals surface area contributed by atoms with Crippen LogP contribution in [0.2, 0.25) is 5.02 Å². The van der Waals surface area contributed by atoms with E-state index in [2.05, 4.69) is 16.5 Å². The normalized spacial score (nSPS) is 23.6. The van der Waals surface area contributed by atoms with Crippen LogP contribution in [-0.2, 0) is 22.3 Å². The fraction of sp³-hybridized carbons (Fsp3) is 0.433. The Balaban J connectivity index is 1.46. The fourth-order valence-electron chi connectivity index (χ4n) is 6.94. The standard InChI is InChI=1S/C30H27ClF5N5O3S/c1-2-24(42)38-3-5-39(6-4-38)28-19-8-20(30(34,35)36)25(18-9-21(31)23(33)10-22(18)32)27-26(19)41(29(43)37-28)11-16(14-45-27)40-12-17-7-15(40)13-44-17/h2,8-10,15-17H,1,3-7,11-14H2/t15-,16?,17-/m0/s1. The molecule has 8 nitrogen and oxygen atoms in total. The average molecular weight is 668 g/mol. The summed E-state index contributed by atoms with van der Waals surface area (Å²) in [4.78, 5) is 35.8. The number of ether oxygens (including phenoxy) is 1.